The zero-order chi connectivity index (χ0) is 15.1. The number of ketones is 1. The Morgan fingerprint density at radius 1 is 1.24 bits per heavy atom. The van der Waals surface area contributed by atoms with Crippen LogP contribution in [-0.2, 0) is 0 Å². The zero-order valence-electron chi connectivity index (χ0n) is 12.6. The molecule has 1 N–H and O–H groups in total. The van der Waals surface area contributed by atoms with E-state index < -0.39 is 0 Å². The van der Waals surface area contributed by atoms with Gasteiger partial charge in [-0.15, -0.1) is 0 Å². The lowest BCUT2D eigenvalue weighted by molar-refractivity contribution is 0.0957. The van der Waals surface area contributed by atoms with Crippen molar-refractivity contribution < 1.29 is 14.3 Å². The molecule has 0 saturated carbocycles. The summed E-state index contributed by atoms with van der Waals surface area (Å²) in [5.74, 6) is 0.496. The molecule has 4 nitrogen and oxygen atoms in total. The van der Waals surface area contributed by atoms with E-state index in [1.165, 1.54) is 19.3 Å². The molecular formula is C17H23NO3. The predicted octanol–water partition coefficient (Wildman–Crippen LogP) is 3.35. The molecule has 4 heteroatoms. The van der Waals surface area contributed by atoms with E-state index in [4.69, 9.17) is 4.74 Å². The molecular weight excluding hydrogens is 266 g/mol. The van der Waals surface area contributed by atoms with E-state index in [-0.39, 0.29) is 11.7 Å². The highest BCUT2D eigenvalue weighted by Gasteiger charge is 2.18. The maximum absolute atomic E-state index is 12.2. The topological polar surface area (TPSA) is 55.4 Å². The van der Waals surface area contributed by atoms with Gasteiger partial charge in [0.15, 0.2) is 5.78 Å². The van der Waals surface area contributed by atoms with E-state index in [1.807, 2.05) is 0 Å². The van der Waals surface area contributed by atoms with Crippen LogP contribution in [0.4, 0.5) is 0 Å². The molecule has 1 aliphatic rings. The molecule has 0 bridgehead atoms. The first-order valence-electron chi connectivity index (χ1n) is 7.80. The molecule has 0 atom stereocenters. The first-order valence-corrected chi connectivity index (χ1v) is 7.80. The molecule has 21 heavy (non-hydrogen) atoms. The molecule has 0 spiro atoms. The summed E-state index contributed by atoms with van der Waals surface area (Å²) in [5.41, 5.74) is 1.06. The summed E-state index contributed by atoms with van der Waals surface area (Å²) >= 11 is 0. The lowest BCUT2D eigenvalue weighted by Gasteiger charge is -2.07. The molecule has 0 aliphatic carbocycles. The Kier molecular flexibility index (Phi) is 5.78. The van der Waals surface area contributed by atoms with Gasteiger partial charge in [-0.25, -0.2) is 0 Å². The highest BCUT2D eigenvalue weighted by molar-refractivity contribution is 6.02. The van der Waals surface area contributed by atoms with Gasteiger partial charge in [-0.1, -0.05) is 32.6 Å². The number of hydrogen-bond acceptors (Lipinski definition) is 3. The number of Topliss-reactive ketones (excluding diaryl/α,β-unsaturated/α-hetero) is 1. The van der Waals surface area contributed by atoms with Crippen molar-refractivity contribution in [2.45, 2.75) is 45.4 Å². The number of nitrogens with one attached hydrogen (secondary N) is 1. The van der Waals surface area contributed by atoms with E-state index in [0.717, 1.165) is 12.8 Å². The minimum absolute atomic E-state index is 0.103. The second-order valence-corrected chi connectivity index (χ2v) is 5.40. The predicted molar refractivity (Wildman–Crippen MR) is 82.0 cm³/mol. The van der Waals surface area contributed by atoms with Crippen LogP contribution in [0.2, 0.25) is 0 Å². The average Bonchev–Trinajstić information content (AvgIpc) is 2.68. The first-order chi connectivity index (χ1) is 10.2. The molecule has 0 radical (unpaired) electrons. The summed E-state index contributed by atoms with van der Waals surface area (Å²) in [6.45, 7) is 3.13. The number of benzene rings is 1. The van der Waals surface area contributed by atoms with Crippen molar-refractivity contribution in [3.63, 3.8) is 0 Å². The Morgan fingerprint density at radius 2 is 2.05 bits per heavy atom. The van der Waals surface area contributed by atoms with E-state index >= 15 is 0 Å². The van der Waals surface area contributed by atoms with Gasteiger partial charge in [-0.2, -0.15) is 0 Å². The van der Waals surface area contributed by atoms with Gasteiger partial charge in [-0.05, 0) is 24.6 Å². The van der Waals surface area contributed by atoms with Crippen LogP contribution < -0.4 is 10.1 Å². The van der Waals surface area contributed by atoms with Gasteiger partial charge >= 0.3 is 0 Å². The first kappa shape index (κ1) is 15.5. The van der Waals surface area contributed by atoms with Gasteiger partial charge < -0.3 is 10.1 Å². The Morgan fingerprint density at radius 3 is 2.86 bits per heavy atom. The van der Waals surface area contributed by atoms with Gasteiger partial charge in [-0.3, -0.25) is 9.59 Å². The molecule has 1 aromatic rings. The minimum atomic E-state index is -0.167. The minimum Gasteiger partial charge on any atom is -0.491 e. The van der Waals surface area contributed by atoms with Gasteiger partial charge in [0.05, 0.1) is 12.1 Å². The molecule has 0 fully saturated rings. The molecule has 1 aliphatic heterocycles. The quantitative estimate of drug-likeness (QED) is 0.618. The summed E-state index contributed by atoms with van der Waals surface area (Å²) < 4.78 is 5.48. The lowest BCUT2D eigenvalue weighted by Crippen LogP contribution is -2.24. The van der Waals surface area contributed by atoms with E-state index in [9.17, 15) is 9.59 Å². The standard InChI is InChI=1S/C17H23NO3/c1-2-3-4-5-6-7-15(19)13-8-9-16-14(12-13)17(20)18-10-11-21-16/h8-9,12H,2-7,10-11H2,1H3,(H,18,20). The molecule has 1 heterocycles. The van der Waals surface area contributed by atoms with Crippen molar-refractivity contribution in [3.8, 4) is 5.75 Å². The third kappa shape index (κ3) is 4.31. The fourth-order valence-corrected chi connectivity index (χ4v) is 2.46. The van der Waals surface area contributed by atoms with E-state index in [1.54, 1.807) is 18.2 Å². The van der Waals surface area contributed by atoms with Gasteiger partial charge in [0.1, 0.15) is 12.4 Å². The largest absolute Gasteiger partial charge is 0.491 e. The molecule has 2 rings (SSSR count). The summed E-state index contributed by atoms with van der Waals surface area (Å²) in [6, 6.07) is 5.14. The molecule has 114 valence electrons. The highest BCUT2D eigenvalue weighted by Crippen LogP contribution is 2.23. The van der Waals surface area contributed by atoms with E-state index in [2.05, 4.69) is 12.2 Å². The number of ether oxygens (including phenoxy) is 1. The number of rotatable bonds is 7. The SMILES string of the molecule is CCCCCCCC(=O)c1ccc2c(c1)C(=O)NCCO2. The lowest BCUT2D eigenvalue weighted by atomic mass is 10.0. The van der Waals surface area contributed by atoms with Crippen LogP contribution in [0.3, 0.4) is 0 Å². The monoisotopic (exact) mass is 289 g/mol. The average molecular weight is 289 g/mol. The maximum atomic E-state index is 12.2. The van der Waals surface area contributed by atoms with Gasteiger partial charge in [0.25, 0.3) is 5.91 Å². The Bertz CT molecular complexity index is 511. The fraction of sp³-hybridized carbons (Fsp3) is 0.529. The van der Waals surface area contributed by atoms with Crippen LogP contribution in [0.1, 0.15) is 66.2 Å². The van der Waals surface area contributed by atoms with Crippen molar-refractivity contribution in [1.29, 1.82) is 0 Å². The highest BCUT2D eigenvalue weighted by atomic mass is 16.5. The Hall–Kier alpha value is -1.84. The summed E-state index contributed by atoms with van der Waals surface area (Å²) in [7, 11) is 0. The molecule has 1 aromatic carbocycles. The van der Waals surface area contributed by atoms with Crippen molar-refractivity contribution >= 4 is 11.7 Å². The summed E-state index contributed by atoms with van der Waals surface area (Å²) in [4.78, 5) is 24.1. The Balaban J connectivity index is 1.97. The van der Waals surface area contributed by atoms with Crippen molar-refractivity contribution in [2.75, 3.05) is 13.2 Å². The van der Waals surface area contributed by atoms with Crippen molar-refractivity contribution in [3.05, 3.63) is 29.3 Å². The van der Waals surface area contributed by atoms with Crippen LogP contribution in [0.5, 0.6) is 5.75 Å². The second-order valence-electron chi connectivity index (χ2n) is 5.40. The maximum Gasteiger partial charge on any atom is 0.255 e. The van der Waals surface area contributed by atoms with Crippen LogP contribution in [0.15, 0.2) is 18.2 Å². The number of fused-ring (bicyclic) bond motifs is 1. The smallest absolute Gasteiger partial charge is 0.255 e. The van der Waals surface area contributed by atoms with Crippen molar-refractivity contribution in [2.24, 2.45) is 0 Å². The second kappa shape index (κ2) is 7.81. The fourth-order valence-electron chi connectivity index (χ4n) is 2.46. The van der Waals surface area contributed by atoms with E-state index in [0.29, 0.717) is 36.4 Å². The molecule has 0 aromatic heterocycles. The molecule has 0 saturated heterocycles. The number of unbranched alkanes of at least 4 members (excludes halogenated alkanes) is 4. The van der Waals surface area contributed by atoms with Crippen molar-refractivity contribution in [1.82, 2.24) is 5.32 Å². The summed E-state index contributed by atoms with van der Waals surface area (Å²) in [6.07, 6.45) is 6.17. The van der Waals surface area contributed by atoms with Gasteiger partial charge in [0.2, 0.25) is 0 Å². The Labute approximate surface area is 125 Å². The number of amides is 1. The molecule has 1 amide bonds. The normalized spacial score (nSPS) is 13.9. The van der Waals surface area contributed by atoms with Gasteiger partial charge in [0, 0.05) is 12.0 Å². The van der Waals surface area contributed by atoms with Crippen LogP contribution in [0.25, 0.3) is 0 Å². The third-order valence-corrected chi connectivity index (χ3v) is 3.70. The number of carbonyl (C=O) groups excluding carboxylic acids is 2. The molecule has 0 unspecified atom stereocenters. The number of carbonyl (C=O) groups is 2. The van der Waals surface area contributed by atoms with Crippen LogP contribution >= 0.6 is 0 Å². The zero-order valence-corrected chi connectivity index (χ0v) is 12.6. The van der Waals surface area contributed by atoms with Crippen LogP contribution in [0, 0.1) is 0 Å². The van der Waals surface area contributed by atoms with Crippen LogP contribution in [-0.4, -0.2) is 24.8 Å². The summed E-state index contributed by atoms with van der Waals surface area (Å²) in [5, 5.41) is 2.76. The third-order valence-electron chi connectivity index (χ3n) is 3.70. The number of hydrogen-bond donors (Lipinski definition) is 1.